The molecule has 0 spiro atoms. The van der Waals surface area contributed by atoms with Crippen LogP contribution < -0.4 is 5.32 Å². The van der Waals surface area contributed by atoms with Gasteiger partial charge in [-0.2, -0.15) is 0 Å². The molecule has 0 heterocycles. The van der Waals surface area contributed by atoms with Crippen molar-refractivity contribution in [2.45, 2.75) is 53.1 Å². The molecular weight excluding hydrogens is 202 g/mol. The summed E-state index contributed by atoms with van der Waals surface area (Å²) in [5.41, 5.74) is 0.159. The van der Waals surface area contributed by atoms with E-state index in [2.05, 4.69) is 33.0 Å². The molecule has 2 unspecified atom stereocenters. The smallest absolute Gasteiger partial charge is 0.220 e. The topological polar surface area (TPSA) is 49.3 Å². The Morgan fingerprint density at radius 2 is 2.00 bits per heavy atom. The van der Waals surface area contributed by atoms with Gasteiger partial charge in [-0.1, -0.05) is 27.7 Å². The van der Waals surface area contributed by atoms with Crippen molar-refractivity contribution >= 4 is 5.91 Å². The quantitative estimate of drug-likeness (QED) is 0.754. The molecule has 0 aromatic rings. The van der Waals surface area contributed by atoms with Crippen molar-refractivity contribution < 1.29 is 9.90 Å². The van der Waals surface area contributed by atoms with Crippen LogP contribution in [0.3, 0.4) is 0 Å². The molecule has 1 fully saturated rings. The summed E-state index contributed by atoms with van der Waals surface area (Å²) in [5, 5.41) is 12.4. The van der Waals surface area contributed by atoms with Gasteiger partial charge in [-0.05, 0) is 30.1 Å². The minimum Gasteiger partial charge on any atom is -0.391 e. The maximum absolute atomic E-state index is 11.6. The number of aliphatic hydroxyl groups excluding tert-OH is 1. The fraction of sp³-hybridized carbons (Fsp3) is 0.923. The molecule has 3 heteroatoms. The third kappa shape index (κ3) is 4.52. The predicted molar refractivity (Wildman–Crippen MR) is 65.0 cm³/mol. The number of aliphatic hydroxyl groups is 1. The zero-order chi connectivity index (χ0) is 12.3. The lowest BCUT2D eigenvalue weighted by atomic mass is 9.80. The van der Waals surface area contributed by atoms with E-state index in [0.717, 1.165) is 12.8 Å². The molecular formula is C13H25NO2. The predicted octanol–water partition coefficient (Wildman–Crippen LogP) is 1.95. The number of rotatable bonds is 5. The third-order valence-electron chi connectivity index (χ3n) is 3.64. The summed E-state index contributed by atoms with van der Waals surface area (Å²) in [5.74, 6) is 0.841. The summed E-state index contributed by atoms with van der Waals surface area (Å²) in [6.45, 7) is 8.94. The van der Waals surface area contributed by atoms with Crippen LogP contribution in [0.5, 0.6) is 0 Å². The molecule has 2 atom stereocenters. The van der Waals surface area contributed by atoms with Gasteiger partial charge in [0.05, 0.1) is 6.10 Å². The molecule has 1 aliphatic rings. The monoisotopic (exact) mass is 227 g/mol. The van der Waals surface area contributed by atoms with E-state index in [0.29, 0.717) is 24.8 Å². The molecule has 0 aliphatic heterocycles. The van der Waals surface area contributed by atoms with Gasteiger partial charge in [0, 0.05) is 13.0 Å². The van der Waals surface area contributed by atoms with Crippen molar-refractivity contribution in [3.05, 3.63) is 0 Å². The molecule has 0 bridgehead atoms. The average molecular weight is 227 g/mol. The van der Waals surface area contributed by atoms with Crippen molar-refractivity contribution in [1.82, 2.24) is 5.32 Å². The zero-order valence-corrected chi connectivity index (χ0v) is 10.9. The highest BCUT2D eigenvalue weighted by Crippen LogP contribution is 2.32. The third-order valence-corrected chi connectivity index (χ3v) is 3.64. The van der Waals surface area contributed by atoms with Gasteiger partial charge in [0.1, 0.15) is 0 Å². The second-order valence-corrected chi connectivity index (χ2v) is 6.18. The lowest BCUT2D eigenvalue weighted by Crippen LogP contribution is -2.35. The minimum atomic E-state index is -0.339. The van der Waals surface area contributed by atoms with Gasteiger partial charge >= 0.3 is 0 Å². The number of carbonyl (C=O) groups excluding carboxylic acids is 1. The van der Waals surface area contributed by atoms with Crippen LogP contribution in [0.2, 0.25) is 0 Å². The van der Waals surface area contributed by atoms with Crippen LogP contribution in [0.15, 0.2) is 0 Å². The van der Waals surface area contributed by atoms with Crippen molar-refractivity contribution in [3.8, 4) is 0 Å². The lowest BCUT2D eigenvalue weighted by molar-refractivity contribution is -0.123. The first-order chi connectivity index (χ1) is 7.30. The van der Waals surface area contributed by atoms with Gasteiger partial charge < -0.3 is 10.4 Å². The molecule has 0 aromatic carbocycles. The molecule has 1 aliphatic carbocycles. The molecule has 1 rings (SSSR count). The van der Waals surface area contributed by atoms with E-state index >= 15 is 0 Å². The Balaban J connectivity index is 2.19. The van der Waals surface area contributed by atoms with Crippen molar-refractivity contribution in [2.24, 2.45) is 17.3 Å². The summed E-state index contributed by atoms with van der Waals surface area (Å²) in [4.78, 5) is 11.6. The Bertz CT molecular complexity index is 241. The maximum Gasteiger partial charge on any atom is 0.220 e. The van der Waals surface area contributed by atoms with E-state index in [1.807, 2.05) is 0 Å². The van der Waals surface area contributed by atoms with Gasteiger partial charge in [-0.15, -0.1) is 0 Å². The lowest BCUT2D eigenvalue weighted by Gasteiger charge is -2.26. The minimum absolute atomic E-state index is 0.0575. The van der Waals surface area contributed by atoms with Gasteiger partial charge in [0.2, 0.25) is 5.91 Å². The average Bonchev–Trinajstić information content (AvgIpc) is 2.95. The fourth-order valence-corrected chi connectivity index (χ4v) is 1.52. The molecule has 0 radical (unpaired) electrons. The Labute approximate surface area is 98.6 Å². The van der Waals surface area contributed by atoms with Crippen molar-refractivity contribution in [1.29, 1.82) is 0 Å². The maximum atomic E-state index is 11.6. The number of hydrogen-bond donors (Lipinski definition) is 2. The highest BCUT2D eigenvalue weighted by molar-refractivity contribution is 5.76. The number of nitrogens with one attached hydrogen (secondary N) is 1. The number of hydrogen-bond acceptors (Lipinski definition) is 2. The molecule has 2 N–H and O–H groups in total. The van der Waals surface area contributed by atoms with Crippen LogP contribution in [0.25, 0.3) is 0 Å². The first kappa shape index (κ1) is 13.5. The van der Waals surface area contributed by atoms with Crippen LogP contribution in [0, 0.1) is 17.3 Å². The van der Waals surface area contributed by atoms with Gasteiger partial charge in [-0.3, -0.25) is 4.79 Å². The standard InChI is InChI=1S/C13H25NO2/c1-9(13(2,3)4)7-12(16)14-8-11(15)10-5-6-10/h9-11,15H,5-8H2,1-4H3,(H,14,16). The zero-order valence-electron chi connectivity index (χ0n) is 10.9. The molecule has 0 saturated heterocycles. The first-order valence-corrected chi connectivity index (χ1v) is 6.25. The Hall–Kier alpha value is -0.570. The molecule has 3 nitrogen and oxygen atoms in total. The van der Waals surface area contributed by atoms with Crippen molar-refractivity contribution in [2.75, 3.05) is 6.54 Å². The molecule has 16 heavy (non-hydrogen) atoms. The van der Waals surface area contributed by atoms with Crippen LogP contribution in [0.1, 0.15) is 47.0 Å². The van der Waals surface area contributed by atoms with Crippen LogP contribution in [-0.4, -0.2) is 23.7 Å². The Morgan fingerprint density at radius 3 is 2.44 bits per heavy atom. The number of amides is 1. The van der Waals surface area contributed by atoms with Crippen LogP contribution in [0.4, 0.5) is 0 Å². The van der Waals surface area contributed by atoms with E-state index in [1.165, 1.54) is 0 Å². The van der Waals surface area contributed by atoms with Gasteiger partial charge in [0.25, 0.3) is 0 Å². The fourth-order valence-electron chi connectivity index (χ4n) is 1.52. The van der Waals surface area contributed by atoms with E-state index < -0.39 is 0 Å². The molecule has 94 valence electrons. The summed E-state index contributed by atoms with van der Waals surface area (Å²) in [6, 6.07) is 0. The highest BCUT2D eigenvalue weighted by atomic mass is 16.3. The van der Waals surface area contributed by atoms with Gasteiger partial charge in [0.15, 0.2) is 0 Å². The summed E-state index contributed by atoms with van der Waals surface area (Å²) < 4.78 is 0. The second kappa shape index (κ2) is 5.17. The van der Waals surface area contributed by atoms with Gasteiger partial charge in [-0.25, -0.2) is 0 Å². The summed E-state index contributed by atoms with van der Waals surface area (Å²) in [6.07, 6.45) is 2.42. The number of carbonyl (C=O) groups is 1. The summed E-state index contributed by atoms with van der Waals surface area (Å²) in [7, 11) is 0. The first-order valence-electron chi connectivity index (χ1n) is 6.25. The summed E-state index contributed by atoms with van der Waals surface area (Å²) >= 11 is 0. The van der Waals surface area contributed by atoms with Crippen LogP contribution in [-0.2, 0) is 4.79 Å². The van der Waals surface area contributed by atoms with E-state index in [9.17, 15) is 9.90 Å². The Morgan fingerprint density at radius 1 is 1.44 bits per heavy atom. The SMILES string of the molecule is CC(CC(=O)NCC(O)C1CC1)C(C)(C)C. The van der Waals surface area contributed by atoms with Crippen molar-refractivity contribution in [3.63, 3.8) is 0 Å². The molecule has 1 amide bonds. The highest BCUT2D eigenvalue weighted by Gasteiger charge is 2.30. The van der Waals surface area contributed by atoms with Crippen LogP contribution >= 0.6 is 0 Å². The van der Waals surface area contributed by atoms with E-state index in [-0.39, 0.29) is 17.4 Å². The second-order valence-electron chi connectivity index (χ2n) is 6.18. The largest absolute Gasteiger partial charge is 0.391 e. The molecule has 0 aromatic heterocycles. The Kier molecular flexibility index (Phi) is 4.36. The van der Waals surface area contributed by atoms with E-state index in [1.54, 1.807) is 0 Å². The molecule has 1 saturated carbocycles. The normalized spacial score (nSPS) is 20.3. The van der Waals surface area contributed by atoms with E-state index in [4.69, 9.17) is 0 Å².